The van der Waals surface area contributed by atoms with Crippen molar-refractivity contribution in [1.82, 2.24) is 5.32 Å². The van der Waals surface area contributed by atoms with Crippen LogP contribution in [0.1, 0.15) is 24.4 Å². The van der Waals surface area contributed by atoms with Gasteiger partial charge in [-0.1, -0.05) is 18.2 Å². The van der Waals surface area contributed by atoms with Crippen molar-refractivity contribution in [3.63, 3.8) is 0 Å². The molecule has 0 saturated carbocycles. The molecule has 0 aliphatic carbocycles. The number of para-hydroxylation sites is 1. The minimum absolute atomic E-state index is 0.0501. The molecule has 0 radical (unpaired) electrons. The molecule has 92 valence electrons. The lowest BCUT2D eigenvalue weighted by Crippen LogP contribution is -2.33. The number of hydrogen-bond donors (Lipinski definition) is 2. The summed E-state index contributed by atoms with van der Waals surface area (Å²) in [6, 6.07) is 8.32. The number of fused-ring (bicyclic) bond motifs is 1. The molecule has 1 aromatic rings. The number of carbonyl (C=O) groups is 1. The van der Waals surface area contributed by atoms with Crippen LogP contribution < -0.4 is 16.0 Å². The summed E-state index contributed by atoms with van der Waals surface area (Å²) in [7, 11) is 2.09. The average Bonchev–Trinajstić information content (AvgIpc) is 2.51. The quantitative estimate of drug-likeness (QED) is 0.802. The molecular formula is C13H19N3O. The number of nitrogens with two attached hydrogens (primary N) is 1. The minimum atomic E-state index is -0.0886. The smallest absolute Gasteiger partial charge is 0.234 e. The van der Waals surface area contributed by atoms with E-state index < -0.39 is 0 Å². The summed E-state index contributed by atoms with van der Waals surface area (Å²) < 4.78 is 0. The van der Waals surface area contributed by atoms with Crippen LogP contribution in [0.25, 0.3) is 0 Å². The number of amides is 1. The normalized spacial score (nSPS) is 19.4. The molecule has 0 fully saturated rings. The lowest BCUT2D eigenvalue weighted by Gasteiger charge is -2.22. The summed E-state index contributed by atoms with van der Waals surface area (Å²) in [5.41, 5.74) is 7.74. The Morgan fingerprint density at radius 2 is 2.29 bits per heavy atom. The van der Waals surface area contributed by atoms with E-state index in [2.05, 4.69) is 29.4 Å². The number of rotatable bonds is 2. The Kier molecular flexibility index (Phi) is 3.64. The molecule has 2 rings (SSSR count). The fraction of sp³-hybridized carbons (Fsp3) is 0.462. The van der Waals surface area contributed by atoms with Gasteiger partial charge in [-0.2, -0.15) is 0 Å². The van der Waals surface area contributed by atoms with E-state index >= 15 is 0 Å². The monoisotopic (exact) mass is 233 g/mol. The summed E-state index contributed by atoms with van der Waals surface area (Å²) in [5.74, 6) is -0.0886. The number of nitrogens with one attached hydrogen (secondary N) is 1. The largest absolute Gasteiger partial charge is 0.374 e. The van der Waals surface area contributed by atoms with Crippen molar-refractivity contribution < 1.29 is 4.79 Å². The first-order chi connectivity index (χ1) is 8.22. The molecule has 1 heterocycles. The van der Waals surface area contributed by atoms with Gasteiger partial charge in [0.1, 0.15) is 0 Å². The van der Waals surface area contributed by atoms with Gasteiger partial charge in [0, 0.05) is 19.3 Å². The van der Waals surface area contributed by atoms with Gasteiger partial charge in [0.15, 0.2) is 0 Å². The van der Waals surface area contributed by atoms with Crippen LogP contribution in [0.5, 0.6) is 0 Å². The first kappa shape index (κ1) is 11.9. The van der Waals surface area contributed by atoms with E-state index in [1.165, 1.54) is 11.3 Å². The molecule has 4 nitrogen and oxygen atoms in total. The molecule has 17 heavy (non-hydrogen) atoms. The number of nitrogens with zero attached hydrogens (tertiary/aromatic N) is 1. The highest BCUT2D eigenvalue weighted by atomic mass is 16.1. The van der Waals surface area contributed by atoms with Crippen molar-refractivity contribution in [2.24, 2.45) is 5.73 Å². The van der Waals surface area contributed by atoms with Gasteiger partial charge in [0.25, 0.3) is 0 Å². The molecule has 0 saturated heterocycles. The zero-order valence-electron chi connectivity index (χ0n) is 10.1. The van der Waals surface area contributed by atoms with Crippen molar-refractivity contribution in [2.45, 2.75) is 18.9 Å². The van der Waals surface area contributed by atoms with Crippen molar-refractivity contribution in [1.29, 1.82) is 0 Å². The third-order valence-electron chi connectivity index (χ3n) is 3.23. The van der Waals surface area contributed by atoms with Crippen molar-refractivity contribution >= 4 is 11.6 Å². The number of anilines is 1. The van der Waals surface area contributed by atoms with Gasteiger partial charge in [-0.3, -0.25) is 4.79 Å². The maximum absolute atomic E-state index is 11.4. The van der Waals surface area contributed by atoms with E-state index in [1.807, 2.05) is 12.1 Å². The zero-order chi connectivity index (χ0) is 12.3. The summed E-state index contributed by atoms with van der Waals surface area (Å²) in [6.45, 7) is 1.07. The van der Waals surface area contributed by atoms with Crippen molar-refractivity contribution in [2.75, 3.05) is 25.0 Å². The van der Waals surface area contributed by atoms with Gasteiger partial charge in [0.05, 0.1) is 12.6 Å². The van der Waals surface area contributed by atoms with Crippen LogP contribution in [0.3, 0.4) is 0 Å². The second kappa shape index (κ2) is 5.19. The van der Waals surface area contributed by atoms with E-state index in [4.69, 9.17) is 5.73 Å². The van der Waals surface area contributed by atoms with E-state index in [0.717, 1.165) is 19.4 Å². The van der Waals surface area contributed by atoms with E-state index in [9.17, 15) is 4.79 Å². The highest BCUT2D eigenvalue weighted by molar-refractivity contribution is 5.78. The third kappa shape index (κ3) is 2.58. The zero-order valence-corrected chi connectivity index (χ0v) is 10.1. The van der Waals surface area contributed by atoms with E-state index in [0.29, 0.717) is 0 Å². The maximum Gasteiger partial charge on any atom is 0.234 e. The van der Waals surface area contributed by atoms with Crippen LogP contribution in [-0.2, 0) is 4.79 Å². The van der Waals surface area contributed by atoms with Crippen LogP contribution in [0.4, 0.5) is 5.69 Å². The van der Waals surface area contributed by atoms with Crippen LogP contribution >= 0.6 is 0 Å². The molecule has 1 amide bonds. The van der Waals surface area contributed by atoms with Crippen molar-refractivity contribution in [3.05, 3.63) is 29.8 Å². The number of carbonyl (C=O) groups excluding carboxylic acids is 1. The lowest BCUT2D eigenvalue weighted by molar-refractivity contribution is -0.120. The van der Waals surface area contributed by atoms with Gasteiger partial charge in [-0.15, -0.1) is 0 Å². The Bertz CT molecular complexity index is 405. The van der Waals surface area contributed by atoms with Crippen molar-refractivity contribution in [3.8, 4) is 0 Å². The Hall–Kier alpha value is -1.55. The molecule has 1 aromatic carbocycles. The maximum atomic E-state index is 11.4. The summed E-state index contributed by atoms with van der Waals surface area (Å²) >= 11 is 0. The summed E-state index contributed by atoms with van der Waals surface area (Å²) in [6.07, 6.45) is 2.04. The predicted octanol–water partition coefficient (Wildman–Crippen LogP) is 1.03. The first-order valence-corrected chi connectivity index (χ1v) is 6.02. The molecular weight excluding hydrogens is 214 g/mol. The van der Waals surface area contributed by atoms with E-state index in [-0.39, 0.29) is 18.5 Å². The molecule has 0 aromatic heterocycles. The van der Waals surface area contributed by atoms with Crippen LogP contribution in [0, 0.1) is 0 Å². The lowest BCUT2D eigenvalue weighted by atomic mass is 10.0. The third-order valence-corrected chi connectivity index (χ3v) is 3.23. The van der Waals surface area contributed by atoms with Crippen LogP contribution in [0.2, 0.25) is 0 Å². The molecule has 0 bridgehead atoms. The molecule has 1 unspecified atom stereocenters. The molecule has 3 N–H and O–H groups in total. The average molecular weight is 233 g/mol. The second-order valence-corrected chi connectivity index (χ2v) is 4.45. The standard InChI is InChI=1S/C13H19N3O/c1-16-8-4-6-11(15-13(17)9-14)10-5-2-3-7-12(10)16/h2-3,5,7,11H,4,6,8-9,14H2,1H3,(H,15,17). The van der Waals surface area contributed by atoms with Gasteiger partial charge >= 0.3 is 0 Å². The first-order valence-electron chi connectivity index (χ1n) is 6.02. The van der Waals surface area contributed by atoms with Gasteiger partial charge in [0.2, 0.25) is 5.91 Å². The van der Waals surface area contributed by atoms with E-state index in [1.54, 1.807) is 0 Å². The summed E-state index contributed by atoms with van der Waals surface area (Å²) in [5, 5.41) is 2.99. The predicted molar refractivity (Wildman–Crippen MR) is 68.9 cm³/mol. The number of benzene rings is 1. The molecule has 4 heteroatoms. The number of hydrogen-bond acceptors (Lipinski definition) is 3. The van der Waals surface area contributed by atoms with Crippen LogP contribution in [0.15, 0.2) is 24.3 Å². The highest BCUT2D eigenvalue weighted by Crippen LogP contribution is 2.31. The Morgan fingerprint density at radius 3 is 3.06 bits per heavy atom. The fourth-order valence-electron chi connectivity index (χ4n) is 2.34. The molecule has 0 spiro atoms. The Balaban J connectivity index is 2.28. The summed E-state index contributed by atoms with van der Waals surface area (Å²) in [4.78, 5) is 13.7. The Labute approximate surface area is 102 Å². The molecule has 1 aliphatic rings. The minimum Gasteiger partial charge on any atom is -0.374 e. The van der Waals surface area contributed by atoms with Gasteiger partial charge in [-0.25, -0.2) is 0 Å². The fourth-order valence-corrected chi connectivity index (χ4v) is 2.34. The second-order valence-electron chi connectivity index (χ2n) is 4.45. The molecule has 1 aliphatic heterocycles. The van der Waals surface area contributed by atoms with Gasteiger partial charge < -0.3 is 16.0 Å². The Morgan fingerprint density at radius 1 is 1.53 bits per heavy atom. The topological polar surface area (TPSA) is 58.4 Å². The van der Waals surface area contributed by atoms with Gasteiger partial charge in [-0.05, 0) is 24.5 Å². The van der Waals surface area contributed by atoms with Crippen LogP contribution in [-0.4, -0.2) is 26.0 Å². The highest BCUT2D eigenvalue weighted by Gasteiger charge is 2.21. The molecule has 1 atom stereocenters. The SMILES string of the molecule is CN1CCCC(NC(=O)CN)c2ccccc21.